The fourth-order valence-electron chi connectivity index (χ4n) is 1.53. The Morgan fingerprint density at radius 2 is 2.14 bits per heavy atom. The minimum absolute atomic E-state index is 0.0774. The number of halogens is 2. The Balaban J connectivity index is 2.72. The largest absolute Gasteiger partial charge is 0.205 e. The van der Waals surface area contributed by atoms with Gasteiger partial charge in [-0.05, 0) is 28.3 Å². The molecule has 3 heteroatoms. The van der Waals surface area contributed by atoms with Crippen LogP contribution in [0.5, 0.6) is 0 Å². The summed E-state index contributed by atoms with van der Waals surface area (Å²) >= 11 is 7.19. The Morgan fingerprint density at radius 1 is 1.36 bits per heavy atom. The molecule has 14 heavy (non-hydrogen) atoms. The molecule has 2 rings (SSSR count). The van der Waals surface area contributed by atoms with E-state index in [1.165, 1.54) is 11.3 Å². The number of hydrogen-bond acceptors (Lipinski definition) is 1. The van der Waals surface area contributed by atoms with Crippen molar-refractivity contribution in [3.05, 3.63) is 34.5 Å². The van der Waals surface area contributed by atoms with Crippen molar-refractivity contribution in [3.8, 4) is 0 Å². The van der Waals surface area contributed by atoms with Crippen molar-refractivity contribution < 1.29 is 4.39 Å². The minimum atomic E-state index is -0.0774. The summed E-state index contributed by atoms with van der Waals surface area (Å²) in [4.78, 5) is 0. The summed E-state index contributed by atoms with van der Waals surface area (Å²) in [7, 11) is 0. The highest BCUT2D eigenvalue weighted by Crippen LogP contribution is 2.31. The van der Waals surface area contributed by atoms with E-state index in [-0.39, 0.29) is 5.82 Å². The Morgan fingerprint density at radius 3 is 2.79 bits per heavy atom. The molecule has 0 spiro atoms. The van der Waals surface area contributed by atoms with Crippen molar-refractivity contribution in [3.63, 3.8) is 0 Å². The topological polar surface area (TPSA) is 0 Å². The van der Waals surface area contributed by atoms with Gasteiger partial charge < -0.3 is 0 Å². The van der Waals surface area contributed by atoms with Gasteiger partial charge in [0.2, 0.25) is 0 Å². The van der Waals surface area contributed by atoms with Gasteiger partial charge in [0.05, 0.1) is 4.70 Å². The first-order valence-electron chi connectivity index (χ1n) is 4.51. The molecule has 0 N–H and O–H groups in total. The van der Waals surface area contributed by atoms with Crippen LogP contribution in [0.2, 0.25) is 0 Å². The summed E-state index contributed by atoms with van der Waals surface area (Å²) in [6.45, 7) is 1.96. The molecular formula is C11H10ClFS. The molecule has 1 aromatic heterocycles. The summed E-state index contributed by atoms with van der Waals surface area (Å²) in [5.74, 6) is 0.372. The highest BCUT2D eigenvalue weighted by atomic mass is 35.5. The number of aryl methyl sites for hydroxylation is 1. The zero-order chi connectivity index (χ0) is 10.1. The molecule has 0 nitrogen and oxygen atoms in total. The van der Waals surface area contributed by atoms with Crippen LogP contribution in [0.4, 0.5) is 4.39 Å². The van der Waals surface area contributed by atoms with Crippen molar-refractivity contribution in [1.82, 2.24) is 0 Å². The van der Waals surface area contributed by atoms with Crippen LogP contribution in [-0.4, -0.2) is 0 Å². The third-order valence-corrected chi connectivity index (χ3v) is 3.69. The van der Waals surface area contributed by atoms with Gasteiger partial charge in [0.15, 0.2) is 0 Å². The molecule has 0 atom stereocenters. The molecule has 0 saturated carbocycles. The Labute approximate surface area is 91.3 Å². The number of hydrogen-bond donors (Lipinski definition) is 0. The Hall–Kier alpha value is -0.600. The maximum Gasteiger partial charge on any atom is 0.144 e. The smallest absolute Gasteiger partial charge is 0.144 e. The van der Waals surface area contributed by atoms with Gasteiger partial charge >= 0.3 is 0 Å². The minimum Gasteiger partial charge on any atom is -0.205 e. The van der Waals surface area contributed by atoms with E-state index in [4.69, 9.17) is 11.6 Å². The summed E-state index contributed by atoms with van der Waals surface area (Å²) in [6, 6.07) is 3.81. The number of benzene rings is 1. The lowest BCUT2D eigenvalue weighted by Gasteiger charge is -2.00. The van der Waals surface area contributed by atoms with E-state index in [2.05, 4.69) is 0 Å². The summed E-state index contributed by atoms with van der Waals surface area (Å²) in [5, 5.41) is 2.89. The van der Waals surface area contributed by atoms with Crippen LogP contribution in [-0.2, 0) is 12.3 Å². The molecule has 1 aromatic carbocycles. The third-order valence-electron chi connectivity index (χ3n) is 2.37. The molecule has 0 aliphatic carbocycles. The van der Waals surface area contributed by atoms with E-state index in [1.807, 2.05) is 24.4 Å². The second kappa shape index (κ2) is 3.87. The first kappa shape index (κ1) is 9.94. The van der Waals surface area contributed by atoms with Crippen molar-refractivity contribution >= 4 is 33.0 Å². The van der Waals surface area contributed by atoms with E-state index in [0.717, 1.165) is 27.6 Å². The molecular weight excluding hydrogens is 219 g/mol. The Kier molecular flexibility index (Phi) is 2.75. The molecule has 0 unspecified atom stereocenters. The number of thiophene rings is 1. The molecule has 0 saturated heterocycles. The fourth-order valence-corrected chi connectivity index (χ4v) is 2.88. The first-order valence-corrected chi connectivity index (χ1v) is 5.92. The third kappa shape index (κ3) is 1.43. The molecule has 2 aromatic rings. The van der Waals surface area contributed by atoms with Crippen molar-refractivity contribution in [2.75, 3.05) is 0 Å². The fraction of sp³-hybridized carbons (Fsp3) is 0.273. The molecule has 1 heterocycles. The predicted molar refractivity (Wildman–Crippen MR) is 60.7 cm³/mol. The van der Waals surface area contributed by atoms with E-state index >= 15 is 0 Å². The SMILES string of the molecule is CCc1ccc2c(CCl)csc2c1F. The van der Waals surface area contributed by atoms with Gasteiger partial charge in [0.25, 0.3) is 0 Å². The molecule has 0 aliphatic rings. The molecule has 0 fully saturated rings. The van der Waals surface area contributed by atoms with Gasteiger partial charge in [-0.25, -0.2) is 4.39 Å². The standard InChI is InChI=1S/C11H10ClFS/c1-2-7-3-4-9-8(5-12)6-14-11(9)10(7)13/h3-4,6H,2,5H2,1H3. The van der Waals surface area contributed by atoms with Crippen LogP contribution in [0.25, 0.3) is 10.1 Å². The van der Waals surface area contributed by atoms with Gasteiger partial charge in [-0.15, -0.1) is 22.9 Å². The lowest BCUT2D eigenvalue weighted by molar-refractivity contribution is 0.626. The van der Waals surface area contributed by atoms with E-state index in [0.29, 0.717) is 5.88 Å². The first-order chi connectivity index (χ1) is 6.77. The van der Waals surface area contributed by atoms with Crippen LogP contribution >= 0.6 is 22.9 Å². The normalized spacial score (nSPS) is 11.1. The predicted octanol–water partition coefficient (Wildman–Crippen LogP) is 4.34. The van der Waals surface area contributed by atoms with Crippen molar-refractivity contribution in [1.29, 1.82) is 0 Å². The monoisotopic (exact) mass is 228 g/mol. The molecule has 0 radical (unpaired) electrons. The Bertz CT molecular complexity index is 462. The van der Waals surface area contributed by atoms with E-state index < -0.39 is 0 Å². The average molecular weight is 229 g/mol. The number of rotatable bonds is 2. The van der Waals surface area contributed by atoms with Crippen LogP contribution in [0.15, 0.2) is 17.5 Å². The lowest BCUT2D eigenvalue weighted by atomic mass is 10.1. The van der Waals surface area contributed by atoms with Gasteiger partial charge in [0, 0.05) is 5.88 Å². The van der Waals surface area contributed by atoms with E-state index in [9.17, 15) is 4.39 Å². The summed E-state index contributed by atoms with van der Waals surface area (Å²) in [5.41, 5.74) is 1.80. The molecule has 0 bridgehead atoms. The highest BCUT2D eigenvalue weighted by molar-refractivity contribution is 7.17. The quantitative estimate of drug-likeness (QED) is 0.671. The van der Waals surface area contributed by atoms with Crippen molar-refractivity contribution in [2.45, 2.75) is 19.2 Å². The zero-order valence-electron chi connectivity index (χ0n) is 7.81. The van der Waals surface area contributed by atoms with Crippen LogP contribution in [0, 0.1) is 5.82 Å². The number of fused-ring (bicyclic) bond motifs is 1. The van der Waals surface area contributed by atoms with Gasteiger partial charge in [-0.1, -0.05) is 19.1 Å². The molecule has 0 amide bonds. The maximum absolute atomic E-state index is 13.8. The average Bonchev–Trinajstić information content (AvgIpc) is 2.62. The van der Waals surface area contributed by atoms with Crippen LogP contribution in [0.1, 0.15) is 18.1 Å². The maximum atomic E-state index is 13.8. The van der Waals surface area contributed by atoms with Gasteiger partial charge in [-0.2, -0.15) is 0 Å². The van der Waals surface area contributed by atoms with Crippen molar-refractivity contribution in [2.24, 2.45) is 0 Å². The highest BCUT2D eigenvalue weighted by Gasteiger charge is 2.10. The lowest BCUT2D eigenvalue weighted by Crippen LogP contribution is -1.87. The van der Waals surface area contributed by atoms with Gasteiger partial charge in [0.1, 0.15) is 5.82 Å². The van der Waals surface area contributed by atoms with Crippen LogP contribution in [0.3, 0.4) is 0 Å². The van der Waals surface area contributed by atoms with Crippen LogP contribution < -0.4 is 0 Å². The second-order valence-electron chi connectivity index (χ2n) is 3.16. The van der Waals surface area contributed by atoms with Gasteiger partial charge in [-0.3, -0.25) is 0 Å². The zero-order valence-corrected chi connectivity index (χ0v) is 9.38. The van der Waals surface area contributed by atoms with E-state index in [1.54, 1.807) is 0 Å². The second-order valence-corrected chi connectivity index (χ2v) is 4.31. The number of alkyl halides is 1. The summed E-state index contributed by atoms with van der Waals surface area (Å²) < 4.78 is 14.5. The molecule has 0 aliphatic heterocycles. The molecule has 74 valence electrons. The summed E-state index contributed by atoms with van der Waals surface area (Å²) in [6.07, 6.45) is 0.732.